The first-order chi connectivity index (χ1) is 6.50. The molecule has 1 nitrogen and oxygen atoms in total. The molecule has 1 rings (SSSR count). The second-order valence-electron chi connectivity index (χ2n) is 4.81. The molecule has 0 aromatic heterocycles. The fourth-order valence-electron chi connectivity index (χ4n) is 2.27. The van der Waals surface area contributed by atoms with Gasteiger partial charge in [0.1, 0.15) is 0 Å². The first-order valence-corrected chi connectivity index (χ1v) is 5.50. The maximum Gasteiger partial charge on any atom is 0.0726 e. The molecule has 0 aromatic carbocycles. The topological polar surface area (TPSA) is 20.2 Å². The Balaban J connectivity index is 2.67. The van der Waals surface area contributed by atoms with Gasteiger partial charge in [0.05, 0.1) is 6.10 Å². The van der Waals surface area contributed by atoms with Gasteiger partial charge in [-0.2, -0.15) is 0 Å². The van der Waals surface area contributed by atoms with E-state index >= 15 is 0 Å². The summed E-state index contributed by atoms with van der Waals surface area (Å²) in [5, 5.41) is 9.55. The Hall–Kier alpha value is -0.560. The summed E-state index contributed by atoms with van der Waals surface area (Å²) in [6.45, 7) is 8.66. The second kappa shape index (κ2) is 4.79. The molecule has 0 fully saturated rings. The van der Waals surface area contributed by atoms with Crippen LogP contribution in [0.25, 0.3) is 0 Å². The Morgan fingerprint density at radius 3 is 2.71 bits per heavy atom. The Bertz CT molecular complexity index is 246. The zero-order valence-electron chi connectivity index (χ0n) is 9.75. The molecule has 3 unspecified atom stereocenters. The minimum Gasteiger partial charge on any atom is -0.389 e. The largest absolute Gasteiger partial charge is 0.389 e. The van der Waals surface area contributed by atoms with Crippen LogP contribution in [0.2, 0.25) is 0 Å². The van der Waals surface area contributed by atoms with Gasteiger partial charge in [-0.25, -0.2) is 0 Å². The van der Waals surface area contributed by atoms with Gasteiger partial charge in [0.25, 0.3) is 0 Å². The summed E-state index contributed by atoms with van der Waals surface area (Å²) in [5.74, 6) is 1.24. The zero-order valence-corrected chi connectivity index (χ0v) is 9.75. The fourth-order valence-corrected chi connectivity index (χ4v) is 2.27. The van der Waals surface area contributed by atoms with E-state index in [-0.39, 0.29) is 6.10 Å². The third-order valence-corrected chi connectivity index (χ3v) is 3.12. The van der Waals surface area contributed by atoms with Crippen molar-refractivity contribution in [3.63, 3.8) is 0 Å². The molecule has 0 heterocycles. The fraction of sp³-hybridized carbons (Fsp3) is 0.692. The molecular weight excluding hydrogens is 172 g/mol. The van der Waals surface area contributed by atoms with E-state index in [2.05, 4.69) is 33.8 Å². The first-order valence-electron chi connectivity index (χ1n) is 5.50. The van der Waals surface area contributed by atoms with Gasteiger partial charge in [0.2, 0.25) is 0 Å². The highest BCUT2D eigenvalue weighted by Gasteiger charge is 2.24. The number of rotatable bonds is 2. The molecule has 0 spiro atoms. The van der Waals surface area contributed by atoms with Gasteiger partial charge in [0.15, 0.2) is 0 Å². The first kappa shape index (κ1) is 11.5. The minimum absolute atomic E-state index is 0.215. The SMILES string of the molecule is CC(C)=CCC1C(C)=CC(O)CC1C. The number of hydrogen-bond acceptors (Lipinski definition) is 1. The molecule has 0 bridgehead atoms. The van der Waals surface area contributed by atoms with Crippen molar-refractivity contribution in [1.29, 1.82) is 0 Å². The highest BCUT2D eigenvalue weighted by atomic mass is 16.3. The minimum atomic E-state index is -0.215. The summed E-state index contributed by atoms with van der Waals surface area (Å²) in [5.41, 5.74) is 2.74. The average Bonchev–Trinajstić information content (AvgIpc) is 2.01. The lowest BCUT2D eigenvalue weighted by molar-refractivity contribution is 0.160. The Kier molecular flexibility index (Phi) is 3.94. The molecule has 1 N–H and O–H groups in total. The quantitative estimate of drug-likeness (QED) is 0.669. The highest BCUT2D eigenvalue weighted by molar-refractivity contribution is 5.14. The lowest BCUT2D eigenvalue weighted by Crippen LogP contribution is -2.24. The van der Waals surface area contributed by atoms with Crippen molar-refractivity contribution in [3.8, 4) is 0 Å². The standard InChI is InChI=1S/C13H22O/c1-9(2)5-6-13-10(3)7-12(14)8-11(13)4/h5,7,11-14H,6,8H2,1-4H3. The third kappa shape index (κ3) is 2.98. The molecule has 0 amide bonds. The molecule has 0 aliphatic heterocycles. The maximum atomic E-state index is 9.55. The van der Waals surface area contributed by atoms with Crippen molar-refractivity contribution in [2.75, 3.05) is 0 Å². The van der Waals surface area contributed by atoms with Crippen LogP contribution >= 0.6 is 0 Å². The van der Waals surface area contributed by atoms with Gasteiger partial charge in [-0.1, -0.05) is 30.2 Å². The summed E-state index contributed by atoms with van der Waals surface area (Å²) in [6.07, 6.45) is 6.14. The molecule has 0 saturated carbocycles. The van der Waals surface area contributed by atoms with Gasteiger partial charge >= 0.3 is 0 Å². The Labute approximate surface area is 87.5 Å². The Morgan fingerprint density at radius 1 is 1.57 bits per heavy atom. The summed E-state index contributed by atoms with van der Waals surface area (Å²) in [6, 6.07) is 0. The van der Waals surface area contributed by atoms with Crippen LogP contribution in [0.4, 0.5) is 0 Å². The third-order valence-electron chi connectivity index (χ3n) is 3.12. The zero-order chi connectivity index (χ0) is 10.7. The van der Waals surface area contributed by atoms with Crippen molar-refractivity contribution < 1.29 is 5.11 Å². The van der Waals surface area contributed by atoms with Crippen molar-refractivity contribution in [1.82, 2.24) is 0 Å². The number of hydrogen-bond donors (Lipinski definition) is 1. The van der Waals surface area contributed by atoms with Gasteiger partial charge in [-0.15, -0.1) is 0 Å². The van der Waals surface area contributed by atoms with Gasteiger partial charge in [-0.05, 0) is 45.4 Å². The molecule has 14 heavy (non-hydrogen) atoms. The van der Waals surface area contributed by atoms with Crippen LogP contribution in [-0.2, 0) is 0 Å². The lowest BCUT2D eigenvalue weighted by atomic mass is 9.77. The summed E-state index contributed by atoms with van der Waals surface area (Å²) in [4.78, 5) is 0. The Morgan fingerprint density at radius 2 is 2.21 bits per heavy atom. The molecular formula is C13H22O. The predicted molar refractivity (Wildman–Crippen MR) is 61.1 cm³/mol. The van der Waals surface area contributed by atoms with Crippen LogP contribution in [0.1, 0.15) is 40.5 Å². The molecule has 1 heteroatoms. The predicted octanol–water partition coefficient (Wildman–Crippen LogP) is 3.31. The van der Waals surface area contributed by atoms with Crippen molar-refractivity contribution in [3.05, 3.63) is 23.3 Å². The number of aliphatic hydroxyl groups excluding tert-OH is 1. The van der Waals surface area contributed by atoms with Gasteiger partial charge in [-0.3, -0.25) is 0 Å². The summed E-state index contributed by atoms with van der Waals surface area (Å²) in [7, 11) is 0. The maximum absolute atomic E-state index is 9.55. The van der Waals surface area contributed by atoms with E-state index in [0.717, 1.165) is 12.8 Å². The van der Waals surface area contributed by atoms with Crippen LogP contribution in [0.5, 0.6) is 0 Å². The van der Waals surface area contributed by atoms with E-state index < -0.39 is 0 Å². The smallest absolute Gasteiger partial charge is 0.0726 e. The van der Waals surface area contributed by atoms with E-state index in [1.807, 2.05) is 6.08 Å². The molecule has 3 atom stereocenters. The highest BCUT2D eigenvalue weighted by Crippen LogP contribution is 2.33. The molecule has 1 aliphatic carbocycles. The monoisotopic (exact) mass is 194 g/mol. The average molecular weight is 194 g/mol. The molecule has 1 aliphatic rings. The van der Waals surface area contributed by atoms with Crippen LogP contribution in [0.15, 0.2) is 23.3 Å². The van der Waals surface area contributed by atoms with E-state index in [1.54, 1.807) is 0 Å². The van der Waals surface area contributed by atoms with Gasteiger partial charge < -0.3 is 5.11 Å². The normalized spacial score (nSPS) is 32.4. The van der Waals surface area contributed by atoms with E-state index in [0.29, 0.717) is 11.8 Å². The summed E-state index contributed by atoms with van der Waals surface area (Å²) < 4.78 is 0. The number of aliphatic hydroxyl groups is 1. The molecule has 0 saturated heterocycles. The van der Waals surface area contributed by atoms with Crippen molar-refractivity contribution in [2.45, 2.75) is 46.6 Å². The van der Waals surface area contributed by atoms with E-state index in [1.165, 1.54) is 11.1 Å². The van der Waals surface area contributed by atoms with E-state index in [4.69, 9.17) is 0 Å². The molecule has 0 radical (unpaired) electrons. The lowest BCUT2D eigenvalue weighted by Gasteiger charge is -2.30. The van der Waals surface area contributed by atoms with Crippen LogP contribution < -0.4 is 0 Å². The van der Waals surface area contributed by atoms with Crippen LogP contribution in [0, 0.1) is 11.8 Å². The summed E-state index contributed by atoms with van der Waals surface area (Å²) >= 11 is 0. The van der Waals surface area contributed by atoms with E-state index in [9.17, 15) is 5.11 Å². The second-order valence-corrected chi connectivity index (χ2v) is 4.81. The molecule has 80 valence electrons. The van der Waals surface area contributed by atoms with Crippen LogP contribution in [-0.4, -0.2) is 11.2 Å². The van der Waals surface area contributed by atoms with Crippen molar-refractivity contribution in [2.24, 2.45) is 11.8 Å². The molecule has 0 aromatic rings. The van der Waals surface area contributed by atoms with Gasteiger partial charge in [0, 0.05) is 0 Å². The van der Waals surface area contributed by atoms with Crippen molar-refractivity contribution >= 4 is 0 Å². The number of allylic oxidation sites excluding steroid dienone is 3. The van der Waals surface area contributed by atoms with Crippen LogP contribution in [0.3, 0.4) is 0 Å².